The number of aromatic nitrogens is 2. The van der Waals surface area contributed by atoms with E-state index in [-0.39, 0.29) is 0 Å². The quantitative estimate of drug-likeness (QED) is 0.790. The van der Waals surface area contributed by atoms with Crippen LogP contribution in [0.3, 0.4) is 0 Å². The normalized spacial score (nSPS) is 10.8. The zero-order valence-corrected chi connectivity index (χ0v) is 11.1. The lowest BCUT2D eigenvalue weighted by Gasteiger charge is -2.05. The lowest BCUT2D eigenvalue weighted by atomic mass is 9.99. The second-order valence-electron chi connectivity index (χ2n) is 4.63. The maximum absolute atomic E-state index is 11.0. The predicted molar refractivity (Wildman–Crippen MR) is 77.8 cm³/mol. The molecule has 100 valence electrons. The second-order valence-corrected chi connectivity index (χ2v) is 4.63. The summed E-state index contributed by atoms with van der Waals surface area (Å²) in [7, 11) is 0. The zero-order valence-electron chi connectivity index (χ0n) is 11.1. The smallest absolute Gasteiger partial charge is 0.335 e. The highest BCUT2D eigenvalue weighted by molar-refractivity contribution is 6.00. The number of fused-ring (bicyclic) bond motifs is 1. The molecule has 2 aromatic carbocycles. The number of hydrogen-bond donors (Lipinski definition) is 1. The minimum absolute atomic E-state index is 0.305. The fourth-order valence-corrected chi connectivity index (χ4v) is 2.34. The molecule has 1 aromatic heterocycles. The van der Waals surface area contributed by atoms with Crippen LogP contribution in [0.4, 0.5) is 0 Å². The van der Waals surface area contributed by atoms with Gasteiger partial charge in [-0.2, -0.15) is 5.10 Å². The number of aromatic carboxylic acids is 1. The number of carboxylic acid groups (broad SMARTS) is 1. The van der Waals surface area contributed by atoms with Crippen molar-refractivity contribution >= 4 is 16.7 Å². The van der Waals surface area contributed by atoms with Gasteiger partial charge in [0.25, 0.3) is 0 Å². The second kappa shape index (κ2) is 4.81. The van der Waals surface area contributed by atoms with Crippen LogP contribution in [0.5, 0.6) is 0 Å². The highest BCUT2D eigenvalue weighted by Gasteiger charge is 2.08. The molecule has 0 aliphatic heterocycles. The van der Waals surface area contributed by atoms with Gasteiger partial charge in [0, 0.05) is 18.3 Å². The molecule has 0 bridgehead atoms. The van der Waals surface area contributed by atoms with Crippen LogP contribution >= 0.6 is 0 Å². The molecule has 20 heavy (non-hydrogen) atoms. The number of carbonyl (C=O) groups is 1. The van der Waals surface area contributed by atoms with Gasteiger partial charge in [0.2, 0.25) is 0 Å². The Hall–Kier alpha value is -2.62. The summed E-state index contributed by atoms with van der Waals surface area (Å²) < 4.78 is 1.87. The average Bonchev–Trinajstić information content (AvgIpc) is 2.94. The van der Waals surface area contributed by atoms with Gasteiger partial charge in [-0.05, 0) is 35.4 Å². The Morgan fingerprint density at radius 2 is 2.15 bits per heavy atom. The standard InChI is InChI=1S/C16H14N2O2/c1-2-18-10-13(9-17-18)14-5-3-4-11-8-12(16(19)20)6-7-15(11)14/h3-10H,2H2,1H3,(H,19,20). The van der Waals surface area contributed by atoms with E-state index in [9.17, 15) is 4.79 Å². The van der Waals surface area contributed by atoms with E-state index in [4.69, 9.17) is 5.11 Å². The van der Waals surface area contributed by atoms with Crippen molar-refractivity contribution < 1.29 is 9.90 Å². The van der Waals surface area contributed by atoms with Crippen LogP contribution in [0, 0.1) is 0 Å². The molecular formula is C16H14N2O2. The fraction of sp³-hybridized carbons (Fsp3) is 0.125. The van der Waals surface area contributed by atoms with Crippen LogP contribution in [0.15, 0.2) is 48.8 Å². The zero-order chi connectivity index (χ0) is 14.1. The molecule has 0 saturated carbocycles. The largest absolute Gasteiger partial charge is 0.478 e. The van der Waals surface area contributed by atoms with Crippen molar-refractivity contribution in [2.24, 2.45) is 0 Å². The van der Waals surface area contributed by atoms with Crippen LogP contribution in [-0.4, -0.2) is 20.9 Å². The van der Waals surface area contributed by atoms with E-state index in [1.165, 1.54) is 0 Å². The summed E-state index contributed by atoms with van der Waals surface area (Å²) in [5.41, 5.74) is 2.42. The molecule has 0 unspecified atom stereocenters. The molecule has 0 spiro atoms. The molecule has 0 atom stereocenters. The van der Waals surface area contributed by atoms with Crippen molar-refractivity contribution in [1.82, 2.24) is 9.78 Å². The number of aryl methyl sites for hydroxylation is 1. The maximum Gasteiger partial charge on any atom is 0.335 e. The van der Waals surface area contributed by atoms with E-state index in [1.807, 2.05) is 48.3 Å². The fourth-order valence-electron chi connectivity index (χ4n) is 2.34. The molecule has 4 heteroatoms. The molecule has 0 aliphatic carbocycles. The van der Waals surface area contributed by atoms with E-state index >= 15 is 0 Å². The number of benzene rings is 2. The third-order valence-corrected chi connectivity index (χ3v) is 3.40. The topological polar surface area (TPSA) is 55.1 Å². The Balaban J connectivity index is 2.18. The number of rotatable bonds is 3. The Bertz CT molecular complexity index is 790. The van der Waals surface area contributed by atoms with Crippen LogP contribution in [0.2, 0.25) is 0 Å². The first-order valence-electron chi connectivity index (χ1n) is 6.48. The highest BCUT2D eigenvalue weighted by Crippen LogP contribution is 2.29. The van der Waals surface area contributed by atoms with Gasteiger partial charge in [0.15, 0.2) is 0 Å². The van der Waals surface area contributed by atoms with Gasteiger partial charge in [0.05, 0.1) is 11.8 Å². The van der Waals surface area contributed by atoms with Crippen molar-refractivity contribution in [3.63, 3.8) is 0 Å². The van der Waals surface area contributed by atoms with Crippen molar-refractivity contribution in [2.75, 3.05) is 0 Å². The first kappa shape index (κ1) is 12.4. The molecule has 0 amide bonds. The van der Waals surface area contributed by atoms with Crippen molar-refractivity contribution in [3.05, 3.63) is 54.4 Å². The first-order chi connectivity index (χ1) is 9.69. The minimum atomic E-state index is -0.906. The highest BCUT2D eigenvalue weighted by atomic mass is 16.4. The van der Waals surface area contributed by atoms with Gasteiger partial charge in [-0.1, -0.05) is 24.3 Å². The molecular weight excluding hydrogens is 252 g/mol. The molecule has 0 fully saturated rings. The summed E-state index contributed by atoms with van der Waals surface area (Å²) in [6.07, 6.45) is 3.84. The molecule has 4 nitrogen and oxygen atoms in total. The lowest BCUT2D eigenvalue weighted by Crippen LogP contribution is -1.95. The van der Waals surface area contributed by atoms with Gasteiger partial charge in [0.1, 0.15) is 0 Å². The van der Waals surface area contributed by atoms with Crippen molar-refractivity contribution in [3.8, 4) is 11.1 Å². The number of carboxylic acids is 1. The van der Waals surface area contributed by atoms with E-state index in [0.717, 1.165) is 28.4 Å². The molecule has 3 rings (SSSR count). The Morgan fingerprint density at radius 1 is 1.30 bits per heavy atom. The Kier molecular flexibility index (Phi) is 2.99. The first-order valence-corrected chi connectivity index (χ1v) is 6.48. The molecule has 0 radical (unpaired) electrons. The molecule has 3 aromatic rings. The van der Waals surface area contributed by atoms with Gasteiger partial charge in [-0.3, -0.25) is 4.68 Å². The van der Waals surface area contributed by atoms with Crippen molar-refractivity contribution in [1.29, 1.82) is 0 Å². The predicted octanol–water partition coefficient (Wildman–Crippen LogP) is 3.42. The minimum Gasteiger partial charge on any atom is -0.478 e. The van der Waals surface area contributed by atoms with Crippen LogP contribution in [0.25, 0.3) is 21.9 Å². The molecule has 0 saturated heterocycles. The molecule has 1 N–H and O–H groups in total. The van der Waals surface area contributed by atoms with E-state index < -0.39 is 5.97 Å². The van der Waals surface area contributed by atoms with E-state index in [1.54, 1.807) is 12.1 Å². The monoisotopic (exact) mass is 266 g/mol. The molecule has 1 heterocycles. The van der Waals surface area contributed by atoms with Gasteiger partial charge >= 0.3 is 5.97 Å². The van der Waals surface area contributed by atoms with Crippen LogP contribution in [0.1, 0.15) is 17.3 Å². The third kappa shape index (κ3) is 2.05. The van der Waals surface area contributed by atoms with Crippen LogP contribution in [-0.2, 0) is 6.54 Å². The summed E-state index contributed by atoms with van der Waals surface area (Å²) in [4.78, 5) is 11.0. The Labute approximate surface area is 116 Å². The molecule has 0 aliphatic rings. The summed E-state index contributed by atoms with van der Waals surface area (Å²) in [5, 5.41) is 15.3. The van der Waals surface area contributed by atoms with Gasteiger partial charge in [-0.15, -0.1) is 0 Å². The lowest BCUT2D eigenvalue weighted by molar-refractivity contribution is 0.0697. The SMILES string of the molecule is CCn1cc(-c2cccc3cc(C(=O)O)ccc23)cn1. The van der Waals surface area contributed by atoms with Gasteiger partial charge < -0.3 is 5.11 Å². The maximum atomic E-state index is 11.0. The van der Waals surface area contributed by atoms with Crippen LogP contribution < -0.4 is 0 Å². The summed E-state index contributed by atoms with van der Waals surface area (Å²) >= 11 is 0. The summed E-state index contributed by atoms with van der Waals surface area (Å²) in [6, 6.07) is 11.1. The third-order valence-electron chi connectivity index (χ3n) is 3.40. The summed E-state index contributed by atoms with van der Waals surface area (Å²) in [5.74, 6) is -0.906. The summed E-state index contributed by atoms with van der Waals surface area (Å²) in [6.45, 7) is 2.87. The van der Waals surface area contributed by atoms with E-state index in [2.05, 4.69) is 5.10 Å². The van der Waals surface area contributed by atoms with Crippen molar-refractivity contribution in [2.45, 2.75) is 13.5 Å². The number of hydrogen-bond acceptors (Lipinski definition) is 2. The average molecular weight is 266 g/mol. The van der Waals surface area contributed by atoms with Gasteiger partial charge in [-0.25, -0.2) is 4.79 Å². The number of nitrogens with zero attached hydrogens (tertiary/aromatic N) is 2. The van der Waals surface area contributed by atoms with E-state index in [0.29, 0.717) is 5.56 Å². The Morgan fingerprint density at radius 3 is 2.85 bits per heavy atom.